The van der Waals surface area contributed by atoms with Gasteiger partial charge in [0, 0.05) is 30.9 Å². The summed E-state index contributed by atoms with van der Waals surface area (Å²) in [4.78, 5) is 41.9. The van der Waals surface area contributed by atoms with E-state index in [9.17, 15) is 14.4 Å². The van der Waals surface area contributed by atoms with Crippen molar-refractivity contribution >= 4 is 28.6 Å². The van der Waals surface area contributed by atoms with E-state index >= 15 is 0 Å². The number of piperidine rings is 1. The van der Waals surface area contributed by atoms with Crippen LogP contribution < -0.4 is 10.7 Å². The first-order valence-electron chi connectivity index (χ1n) is 10.4. The van der Waals surface area contributed by atoms with Crippen LogP contribution in [0.3, 0.4) is 0 Å². The van der Waals surface area contributed by atoms with E-state index in [1.54, 1.807) is 23.1 Å². The van der Waals surface area contributed by atoms with Crippen LogP contribution in [0.4, 0.5) is 5.69 Å². The number of likely N-dealkylation sites (tertiary alicyclic amines) is 1. The zero-order valence-corrected chi connectivity index (χ0v) is 16.7. The first-order valence-corrected chi connectivity index (χ1v) is 10.4. The van der Waals surface area contributed by atoms with Crippen molar-refractivity contribution < 1.29 is 14.0 Å². The average molecular weight is 405 g/mol. The third-order valence-corrected chi connectivity index (χ3v) is 6.04. The lowest BCUT2D eigenvalue weighted by molar-refractivity contribution is -0.119. The third-order valence-electron chi connectivity index (χ3n) is 6.04. The van der Waals surface area contributed by atoms with Gasteiger partial charge >= 0.3 is 5.76 Å². The summed E-state index contributed by atoms with van der Waals surface area (Å²) in [5.41, 5.74) is 3.39. The van der Waals surface area contributed by atoms with Crippen LogP contribution in [0.5, 0.6) is 0 Å². The topological polar surface area (TPSA) is 75.8 Å². The molecule has 7 heteroatoms. The molecule has 0 radical (unpaired) electrons. The highest BCUT2D eigenvalue weighted by Crippen LogP contribution is 2.28. The van der Waals surface area contributed by atoms with Crippen molar-refractivity contribution in [2.45, 2.75) is 32.2 Å². The quantitative estimate of drug-likeness (QED) is 0.672. The summed E-state index contributed by atoms with van der Waals surface area (Å²) in [5.74, 6) is -0.803. The van der Waals surface area contributed by atoms with Crippen LogP contribution in [-0.4, -0.2) is 40.9 Å². The van der Waals surface area contributed by atoms with E-state index in [1.165, 1.54) is 4.57 Å². The molecule has 1 saturated heterocycles. The number of hydrogen-bond acceptors (Lipinski definition) is 4. The standard InChI is InChI=1S/C23H23N3O4/c27-21(25-13-10-16-6-2-3-7-18(16)25)15-26-19-14-17(8-9-20(19)30-23(26)29)22(28)24-11-4-1-5-12-24/h2-3,6-9,14H,1,4-5,10-13,15H2. The number of benzene rings is 2. The Morgan fingerprint density at radius 1 is 0.967 bits per heavy atom. The predicted octanol–water partition coefficient (Wildman–Crippen LogP) is 2.81. The number of carbonyl (C=O) groups excluding carboxylic acids is 2. The lowest BCUT2D eigenvalue weighted by Gasteiger charge is -2.26. The maximum atomic E-state index is 13.0. The van der Waals surface area contributed by atoms with Crippen molar-refractivity contribution in [2.24, 2.45) is 0 Å². The maximum absolute atomic E-state index is 13.0. The normalized spacial score (nSPS) is 16.1. The first-order chi connectivity index (χ1) is 14.6. The maximum Gasteiger partial charge on any atom is 0.420 e. The van der Waals surface area contributed by atoms with Gasteiger partial charge in [0.1, 0.15) is 6.54 Å². The number of carbonyl (C=O) groups is 2. The van der Waals surface area contributed by atoms with Crippen LogP contribution in [0.25, 0.3) is 11.1 Å². The fourth-order valence-electron chi connectivity index (χ4n) is 4.44. The highest BCUT2D eigenvalue weighted by Gasteiger charge is 2.26. The van der Waals surface area contributed by atoms with E-state index in [0.717, 1.165) is 50.0 Å². The Hall–Kier alpha value is -3.35. The average Bonchev–Trinajstić information content (AvgIpc) is 3.34. The number of hydrogen-bond donors (Lipinski definition) is 0. The number of amides is 2. The Kier molecular flexibility index (Phi) is 4.65. The molecule has 0 spiro atoms. The number of fused-ring (bicyclic) bond motifs is 2. The zero-order valence-electron chi connectivity index (χ0n) is 16.7. The van der Waals surface area contributed by atoms with Crippen molar-refractivity contribution in [3.63, 3.8) is 0 Å². The molecule has 154 valence electrons. The third kappa shape index (κ3) is 3.20. The molecule has 3 aromatic rings. The first kappa shape index (κ1) is 18.7. The number of oxazole rings is 1. The Morgan fingerprint density at radius 3 is 2.60 bits per heavy atom. The molecule has 0 bridgehead atoms. The van der Waals surface area contributed by atoms with Gasteiger partial charge in [0.25, 0.3) is 5.91 Å². The van der Waals surface area contributed by atoms with Crippen LogP contribution in [0.15, 0.2) is 51.7 Å². The lowest BCUT2D eigenvalue weighted by atomic mass is 10.1. The smallest absolute Gasteiger partial charge is 0.408 e. The summed E-state index contributed by atoms with van der Waals surface area (Å²) in [7, 11) is 0. The second-order valence-corrected chi connectivity index (χ2v) is 7.91. The SMILES string of the molecule is O=C(c1ccc2oc(=O)n(CC(=O)N3CCc4ccccc43)c2c1)N1CCCCC1. The molecule has 0 atom stereocenters. The van der Waals surface area contributed by atoms with Crippen LogP contribution in [0.2, 0.25) is 0 Å². The second-order valence-electron chi connectivity index (χ2n) is 7.91. The summed E-state index contributed by atoms with van der Waals surface area (Å²) in [6.07, 6.45) is 3.97. The van der Waals surface area contributed by atoms with E-state index in [0.29, 0.717) is 23.2 Å². The number of rotatable bonds is 3. The molecule has 5 rings (SSSR count). The van der Waals surface area contributed by atoms with Crippen LogP contribution >= 0.6 is 0 Å². The number of aromatic nitrogens is 1. The van der Waals surface area contributed by atoms with Crippen molar-refractivity contribution in [1.29, 1.82) is 0 Å². The Morgan fingerprint density at radius 2 is 1.77 bits per heavy atom. The van der Waals surface area contributed by atoms with E-state index in [2.05, 4.69) is 0 Å². The molecule has 0 aliphatic carbocycles. The predicted molar refractivity (Wildman–Crippen MR) is 113 cm³/mol. The Bertz CT molecular complexity index is 1190. The molecule has 30 heavy (non-hydrogen) atoms. The highest BCUT2D eigenvalue weighted by molar-refractivity contribution is 5.98. The molecule has 0 unspecified atom stereocenters. The van der Waals surface area contributed by atoms with Gasteiger partial charge in [-0.2, -0.15) is 0 Å². The molecule has 7 nitrogen and oxygen atoms in total. The second kappa shape index (κ2) is 7.48. The number of anilines is 1. The molecule has 1 fully saturated rings. The van der Waals surface area contributed by atoms with E-state index < -0.39 is 5.76 Å². The lowest BCUT2D eigenvalue weighted by Crippen LogP contribution is -2.35. The summed E-state index contributed by atoms with van der Waals surface area (Å²) in [6.45, 7) is 1.98. The molecular weight excluding hydrogens is 382 g/mol. The van der Waals surface area contributed by atoms with E-state index in [4.69, 9.17) is 4.42 Å². The minimum atomic E-state index is -0.589. The van der Waals surface area contributed by atoms with Crippen LogP contribution in [-0.2, 0) is 17.8 Å². The summed E-state index contributed by atoms with van der Waals surface area (Å²) < 4.78 is 6.65. The fraction of sp³-hybridized carbons (Fsp3) is 0.348. The minimum Gasteiger partial charge on any atom is -0.408 e. The number of para-hydroxylation sites is 1. The summed E-state index contributed by atoms with van der Waals surface area (Å²) in [5, 5.41) is 0. The van der Waals surface area contributed by atoms with Crippen LogP contribution in [0, 0.1) is 0 Å². The van der Waals surface area contributed by atoms with E-state index in [1.807, 2.05) is 29.2 Å². The molecule has 3 heterocycles. The summed E-state index contributed by atoms with van der Waals surface area (Å²) >= 11 is 0. The Labute approximate surface area is 173 Å². The monoisotopic (exact) mass is 405 g/mol. The van der Waals surface area contributed by atoms with Crippen molar-refractivity contribution in [2.75, 3.05) is 24.5 Å². The molecule has 2 amide bonds. The van der Waals surface area contributed by atoms with Gasteiger partial charge in [0.2, 0.25) is 5.91 Å². The van der Waals surface area contributed by atoms with E-state index in [-0.39, 0.29) is 18.4 Å². The molecule has 2 aromatic carbocycles. The van der Waals surface area contributed by atoms with Crippen molar-refractivity contribution in [1.82, 2.24) is 9.47 Å². The van der Waals surface area contributed by atoms with Gasteiger partial charge in [0.15, 0.2) is 5.58 Å². The molecule has 0 saturated carbocycles. The van der Waals surface area contributed by atoms with Gasteiger partial charge in [-0.1, -0.05) is 18.2 Å². The fourth-order valence-corrected chi connectivity index (χ4v) is 4.44. The van der Waals surface area contributed by atoms with Gasteiger partial charge in [-0.15, -0.1) is 0 Å². The van der Waals surface area contributed by atoms with Crippen molar-refractivity contribution in [3.8, 4) is 0 Å². The summed E-state index contributed by atoms with van der Waals surface area (Å²) in [6, 6.07) is 12.8. The van der Waals surface area contributed by atoms with Gasteiger partial charge in [-0.05, 0) is 55.5 Å². The molecular formula is C23H23N3O4. The van der Waals surface area contributed by atoms with Gasteiger partial charge in [-0.3, -0.25) is 14.2 Å². The largest absolute Gasteiger partial charge is 0.420 e. The van der Waals surface area contributed by atoms with Crippen LogP contribution in [0.1, 0.15) is 35.2 Å². The molecule has 2 aliphatic heterocycles. The van der Waals surface area contributed by atoms with Gasteiger partial charge in [0.05, 0.1) is 5.52 Å². The van der Waals surface area contributed by atoms with Gasteiger partial charge in [-0.25, -0.2) is 4.79 Å². The molecule has 1 aromatic heterocycles. The zero-order chi connectivity index (χ0) is 20.7. The Balaban J connectivity index is 1.44. The number of nitrogens with zero attached hydrogens (tertiary/aromatic N) is 3. The highest BCUT2D eigenvalue weighted by atomic mass is 16.4. The minimum absolute atomic E-state index is 0.0448. The van der Waals surface area contributed by atoms with Crippen molar-refractivity contribution in [3.05, 3.63) is 64.1 Å². The molecule has 2 aliphatic rings. The van der Waals surface area contributed by atoms with Gasteiger partial charge < -0.3 is 14.2 Å². The molecule has 0 N–H and O–H groups in total.